The highest BCUT2D eigenvalue weighted by molar-refractivity contribution is 5.92. The molecule has 0 bridgehead atoms. The molecular formula is C22H36O6. The lowest BCUT2D eigenvalue weighted by Crippen LogP contribution is -2.59. The molecule has 2 aliphatic carbocycles. The fraction of sp³-hybridized carbons (Fsp3) is 0.955. The average molecular weight is 397 g/mol. The summed E-state index contributed by atoms with van der Waals surface area (Å²) in [7, 11) is 0. The van der Waals surface area contributed by atoms with Crippen LogP contribution in [0.1, 0.15) is 90.9 Å². The molecule has 3 atom stereocenters. The van der Waals surface area contributed by atoms with Crippen LogP contribution >= 0.6 is 0 Å². The van der Waals surface area contributed by atoms with Crippen molar-refractivity contribution in [2.24, 2.45) is 0 Å². The van der Waals surface area contributed by atoms with Crippen molar-refractivity contribution in [3.8, 4) is 0 Å². The van der Waals surface area contributed by atoms with E-state index in [2.05, 4.69) is 0 Å². The molecule has 0 unspecified atom stereocenters. The topological polar surface area (TPSA) is 63.2 Å². The van der Waals surface area contributed by atoms with Gasteiger partial charge in [-0.25, -0.2) is 0 Å². The van der Waals surface area contributed by atoms with Gasteiger partial charge in [-0.15, -0.1) is 0 Å². The van der Waals surface area contributed by atoms with Crippen LogP contribution in [0.5, 0.6) is 0 Å². The Morgan fingerprint density at radius 2 is 1.32 bits per heavy atom. The maximum Gasteiger partial charge on any atom is 0.258 e. The SMILES string of the molecule is CC.O=C1[C@@H]2OC3(CCCCCC3)O[C@@H]2CO[C@]12COC1(CCCCCC1)O2. The molecule has 160 valence electrons. The fourth-order valence-corrected chi connectivity index (χ4v) is 5.32. The number of carbonyl (C=O) groups excluding carboxylic acids is 1. The van der Waals surface area contributed by atoms with E-state index in [0.717, 1.165) is 51.4 Å². The first kappa shape index (κ1) is 20.7. The number of hydrogen-bond donors (Lipinski definition) is 0. The summed E-state index contributed by atoms with van der Waals surface area (Å²) in [4.78, 5) is 13.3. The van der Waals surface area contributed by atoms with Crippen molar-refractivity contribution >= 4 is 5.78 Å². The van der Waals surface area contributed by atoms with Gasteiger partial charge in [0.2, 0.25) is 5.78 Å². The summed E-state index contributed by atoms with van der Waals surface area (Å²) in [6.45, 7) is 4.50. The molecule has 5 rings (SSSR count). The molecule has 3 spiro atoms. The smallest absolute Gasteiger partial charge is 0.258 e. The number of carbonyl (C=O) groups is 1. The van der Waals surface area contributed by atoms with E-state index in [9.17, 15) is 4.79 Å². The normalized spacial score (nSPS) is 39.3. The van der Waals surface area contributed by atoms with Crippen molar-refractivity contribution < 1.29 is 28.5 Å². The molecule has 3 heterocycles. The molecule has 0 aromatic rings. The Hall–Kier alpha value is -0.530. The fourth-order valence-electron chi connectivity index (χ4n) is 5.32. The third-order valence-electron chi connectivity index (χ3n) is 6.77. The van der Waals surface area contributed by atoms with Crippen LogP contribution in [0.4, 0.5) is 0 Å². The highest BCUT2D eigenvalue weighted by Gasteiger charge is 2.64. The standard InChI is InChI=1S/C20H30O6.C2H6/c21-17-16-15(24-19(25-16)11-7-3-4-8-12-19)13-22-20(17)14-23-18(26-20)9-5-1-2-6-10-18;1-2/h15-16H,1-14H2;1-2H3/t15-,16-,20+;/m1./s1. The van der Waals surface area contributed by atoms with Gasteiger partial charge in [-0.3, -0.25) is 4.79 Å². The first-order valence-corrected chi connectivity index (χ1v) is 11.5. The van der Waals surface area contributed by atoms with Crippen LogP contribution in [0, 0.1) is 0 Å². The molecule has 5 aliphatic rings. The quantitative estimate of drug-likeness (QED) is 0.610. The Morgan fingerprint density at radius 3 is 1.93 bits per heavy atom. The van der Waals surface area contributed by atoms with E-state index in [1.54, 1.807) is 0 Å². The molecule has 3 saturated heterocycles. The second-order valence-corrected chi connectivity index (χ2v) is 8.66. The predicted octanol–water partition coefficient (Wildman–Crippen LogP) is 4.24. The van der Waals surface area contributed by atoms with Gasteiger partial charge < -0.3 is 23.7 Å². The largest absolute Gasteiger partial charge is 0.344 e. The number of Topliss-reactive ketones (excluding diaryl/α,β-unsaturated/α-hetero) is 1. The van der Waals surface area contributed by atoms with E-state index in [-0.39, 0.29) is 18.5 Å². The molecule has 0 aromatic carbocycles. The van der Waals surface area contributed by atoms with Gasteiger partial charge in [0, 0.05) is 25.7 Å². The molecule has 6 heteroatoms. The van der Waals surface area contributed by atoms with Crippen LogP contribution in [0.25, 0.3) is 0 Å². The van der Waals surface area contributed by atoms with Gasteiger partial charge in [0.15, 0.2) is 17.7 Å². The molecule has 0 radical (unpaired) electrons. The zero-order chi connectivity index (χ0) is 19.7. The minimum Gasteiger partial charge on any atom is -0.344 e. The van der Waals surface area contributed by atoms with Crippen LogP contribution in [0.15, 0.2) is 0 Å². The van der Waals surface area contributed by atoms with Crippen LogP contribution in [0.3, 0.4) is 0 Å². The summed E-state index contributed by atoms with van der Waals surface area (Å²) in [5.74, 6) is -2.70. The number of ketones is 1. The van der Waals surface area contributed by atoms with Gasteiger partial charge in [-0.2, -0.15) is 0 Å². The van der Waals surface area contributed by atoms with Crippen molar-refractivity contribution in [1.82, 2.24) is 0 Å². The third-order valence-corrected chi connectivity index (χ3v) is 6.77. The van der Waals surface area contributed by atoms with Crippen LogP contribution < -0.4 is 0 Å². The molecule has 28 heavy (non-hydrogen) atoms. The molecular weight excluding hydrogens is 360 g/mol. The van der Waals surface area contributed by atoms with Crippen LogP contribution in [-0.4, -0.2) is 48.6 Å². The lowest BCUT2D eigenvalue weighted by Gasteiger charge is -2.36. The van der Waals surface area contributed by atoms with E-state index in [0.29, 0.717) is 6.61 Å². The van der Waals surface area contributed by atoms with Gasteiger partial charge >= 0.3 is 0 Å². The maximum absolute atomic E-state index is 13.3. The zero-order valence-electron chi connectivity index (χ0n) is 17.5. The first-order chi connectivity index (χ1) is 13.6. The first-order valence-electron chi connectivity index (χ1n) is 11.5. The van der Waals surface area contributed by atoms with Crippen LogP contribution in [-0.2, 0) is 28.5 Å². The lowest BCUT2D eigenvalue weighted by atomic mass is 9.99. The summed E-state index contributed by atoms with van der Waals surface area (Å²) >= 11 is 0. The van der Waals surface area contributed by atoms with Gasteiger partial charge in [-0.05, 0) is 25.7 Å². The highest BCUT2D eigenvalue weighted by atomic mass is 16.8. The third kappa shape index (κ3) is 3.67. The van der Waals surface area contributed by atoms with Crippen molar-refractivity contribution in [3.63, 3.8) is 0 Å². The number of hydrogen-bond acceptors (Lipinski definition) is 6. The minimum atomic E-state index is -1.30. The summed E-state index contributed by atoms with van der Waals surface area (Å²) in [5.41, 5.74) is 0. The van der Waals surface area contributed by atoms with Gasteiger partial charge in [0.25, 0.3) is 5.79 Å². The summed E-state index contributed by atoms with van der Waals surface area (Å²) in [6, 6.07) is 0. The van der Waals surface area contributed by atoms with Crippen molar-refractivity contribution in [2.75, 3.05) is 13.2 Å². The second-order valence-electron chi connectivity index (χ2n) is 8.66. The highest BCUT2D eigenvalue weighted by Crippen LogP contribution is 2.48. The monoisotopic (exact) mass is 396 g/mol. The van der Waals surface area contributed by atoms with Gasteiger partial charge in [-0.1, -0.05) is 39.5 Å². The van der Waals surface area contributed by atoms with E-state index < -0.39 is 23.5 Å². The Kier molecular flexibility index (Phi) is 6.15. The van der Waals surface area contributed by atoms with E-state index in [1.807, 2.05) is 13.8 Å². The number of ether oxygens (including phenoxy) is 5. The molecule has 0 amide bonds. The Bertz CT molecular complexity index is 533. The van der Waals surface area contributed by atoms with E-state index in [4.69, 9.17) is 23.7 Å². The molecule has 0 aromatic heterocycles. The minimum absolute atomic E-state index is 0.143. The van der Waals surface area contributed by atoms with Crippen molar-refractivity contribution in [2.45, 2.75) is 120 Å². The van der Waals surface area contributed by atoms with Crippen LogP contribution in [0.2, 0.25) is 0 Å². The molecule has 6 nitrogen and oxygen atoms in total. The Balaban J connectivity index is 0.000000932. The molecule has 5 fully saturated rings. The van der Waals surface area contributed by atoms with Gasteiger partial charge in [0.1, 0.15) is 12.7 Å². The van der Waals surface area contributed by atoms with Crippen molar-refractivity contribution in [3.05, 3.63) is 0 Å². The van der Waals surface area contributed by atoms with E-state index in [1.165, 1.54) is 25.7 Å². The summed E-state index contributed by atoms with van der Waals surface area (Å²) < 4.78 is 30.9. The maximum atomic E-state index is 13.3. The molecule has 2 saturated carbocycles. The summed E-state index contributed by atoms with van der Waals surface area (Å²) in [5, 5.41) is 0. The van der Waals surface area contributed by atoms with Crippen molar-refractivity contribution in [1.29, 1.82) is 0 Å². The summed E-state index contributed by atoms with van der Waals surface area (Å²) in [6.07, 6.45) is 11.6. The predicted molar refractivity (Wildman–Crippen MR) is 103 cm³/mol. The Morgan fingerprint density at radius 1 is 0.750 bits per heavy atom. The lowest BCUT2D eigenvalue weighted by molar-refractivity contribution is -0.275. The second kappa shape index (κ2) is 8.31. The molecule has 3 aliphatic heterocycles. The van der Waals surface area contributed by atoms with Gasteiger partial charge in [0.05, 0.1) is 6.61 Å². The molecule has 0 N–H and O–H groups in total. The average Bonchev–Trinajstić information content (AvgIpc) is 3.04. The van der Waals surface area contributed by atoms with E-state index >= 15 is 0 Å². The zero-order valence-corrected chi connectivity index (χ0v) is 17.5. The Labute approximate surface area is 168 Å². The number of fused-ring (bicyclic) bond motifs is 1. The number of rotatable bonds is 0.